The van der Waals surface area contributed by atoms with Gasteiger partial charge in [0.25, 0.3) is 10.0 Å². The molecule has 0 aromatic carbocycles. The molecule has 1 aromatic heterocycles. The van der Waals surface area contributed by atoms with Gasteiger partial charge < -0.3 is 5.73 Å². The first-order chi connectivity index (χ1) is 7.60. The molecule has 2 rings (SSSR count). The zero-order valence-corrected chi connectivity index (χ0v) is 9.48. The molecule has 0 bridgehead atoms. The van der Waals surface area contributed by atoms with Gasteiger partial charge in [-0.3, -0.25) is 4.84 Å². The van der Waals surface area contributed by atoms with E-state index in [1.165, 1.54) is 18.3 Å². The quantitative estimate of drug-likeness (QED) is 0.811. The van der Waals surface area contributed by atoms with Crippen LogP contribution in [0.15, 0.2) is 23.2 Å². The first-order valence-corrected chi connectivity index (χ1v) is 6.42. The Morgan fingerprint density at radius 2 is 2.19 bits per heavy atom. The molecule has 1 aromatic rings. The van der Waals surface area contributed by atoms with Gasteiger partial charge in [0, 0.05) is 12.7 Å². The molecule has 0 saturated carbocycles. The second kappa shape index (κ2) is 4.36. The maximum Gasteiger partial charge on any atom is 0.266 e. The van der Waals surface area contributed by atoms with Gasteiger partial charge in [-0.05, 0) is 25.0 Å². The molecule has 1 aliphatic rings. The van der Waals surface area contributed by atoms with Crippen LogP contribution in [0.2, 0.25) is 0 Å². The van der Waals surface area contributed by atoms with Gasteiger partial charge >= 0.3 is 0 Å². The van der Waals surface area contributed by atoms with Crippen molar-refractivity contribution in [1.29, 1.82) is 0 Å². The van der Waals surface area contributed by atoms with Crippen LogP contribution in [-0.4, -0.2) is 31.0 Å². The van der Waals surface area contributed by atoms with Crippen molar-refractivity contribution in [2.24, 2.45) is 0 Å². The zero-order valence-electron chi connectivity index (χ0n) is 8.67. The van der Waals surface area contributed by atoms with Gasteiger partial charge in [-0.1, -0.05) is 4.47 Å². The standard InChI is InChI=1S/C9H13N3O3S/c10-9-4-3-8(7-11-9)16(13,14)12-5-1-2-6-15-12/h3-4,7H,1-2,5-6H2,(H2,10,11). The molecule has 7 heteroatoms. The van der Waals surface area contributed by atoms with Crippen molar-refractivity contribution >= 4 is 15.8 Å². The minimum atomic E-state index is -3.59. The molecule has 0 unspecified atom stereocenters. The number of hydrogen-bond acceptors (Lipinski definition) is 5. The molecular weight excluding hydrogens is 230 g/mol. The molecule has 0 aliphatic carbocycles. The fourth-order valence-electron chi connectivity index (χ4n) is 1.43. The van der Waals surface area contributed by atoms with Crippen LogP contribution in [0.25, 0.3) is 0 Å². The van der Waals surface area contributed by atoms with Crippen molar-refractivity contribution in [3.05, 3.63) is 18.3 Å². The van der Waals surface area contributed by atoms with Crippen LogP contribution in [0.5, 0.6) is 0 Å². The van der Waals surface area contributed by atoms with Crippen molar-refractivity contribution in [1.82, 2.24) is 9.45 Å². The smallest absolute Gasteiger partial charge is 0.266 e. The lowest BCUT2D eigenvalue weighted by Gasteiger charge is -2.24. The summed E-state index contributed by atoms with van der Waals surface area (Å²) in [5.41, 5.74) is 5.40. The number of nitrogens with zero attached hydrogens (tertiary/aromatic N) is 2. The average Bonchev–Trinajstić information content (AvgIpc) is 2.31. The third-order valence-corrected chi connectivity index (χ3v) is 3.96. The molecule has 2 heterocycles. The van der Waals surface area contributed by atoms with E-state index in [0.29, 0.717) is 19.0 Å². The van der Waals surface area contributed by atoms with Gasteiger partial charge in [0.05, 0.1) is 6.61 Å². The van der Waals surface area contributed by atoms with Gasteiger partial charge in [-0.2, -0.15) is 0 Å². The number of nitrogen functional groups attached to an aromatic ring is 1. The Labute approximate surface area is 94.0 Å². The van der Waals surface area contributed by atoms with Crippen molar-refractivity contribution in [3.8, 4) is 0 Å². The van der Waals surface area contributed by atoms with Crippen LogP contribution in [0.4, 0.5) is 5.82 Å². The summed E-state index contributed by atoms with van der Waals surface area (Å²) in [4.78, 5) is 8.97. The topological polar surface area (TPSA) is 85.5 Å². The molecule has 1 saturated heterocycles. The minimum Gasteiger partial charge on any atom is -0.384 e. The van der Waals surface area contributed by atoms with Crippen molar-refractivity contribution in [2.45, 2.75) is 17.7 Å². The van der Waals surface area contributed by atoms with Crippen LogP contribution in [-0.2, 0) is 14.9 Å². The normalized spacial score (nSPS) is 18.5. The molecule has 16 heavy (non-hydrogen) atoms. The Hall–Kier alpha value is -1.18. The highest BCUT2D eigenvalue weighted by Crippen LogP contribution is 2.19. The van der Waals surface area contributed by atoms with Gasteiger partial charge in [-0.15, -0.1) is 0 Å². The Morgan fingerprint density at radius 1 is 1.38 bits per heavy atom. The number of pyridine rings is 1. The summed E-state index contributed by atoms with van der Waals surface area (Å²) in [6, 6.07) is 2.88. The van der Waals surface area contributed by atoms with Gasteiger partial charge in [0.2, 0.25) is 0 Å². The first-order valence-electron chi connectivity index (χ1n) is 4.98. The number of aromatic nitrogens is 1. The summed E-state index contributed by atoms with van der Waals surface area (Å²) in [6.45, 7) is 0.814. The fraction of sp³-hybridized carbons (Fsp3) is 0.444. The van der Waals surface area contributed by atoms with Crippen LogP contribution >= 0.6 is 0 Å². The maximum atomic E-state index is 12.0. The number of sulfonamides is 1. The monoisotopic (exact) mass is 243 g/mol. The highest BCUT2D eigenvalue weighted by molar-refractivity contribution is 7.89. The average molecular weight is 243 g/mol. The molecule has 0 amide bonds. The minimum absolute atomic E-state index is 0.101. The van der Waals surface area contributed by atoms with Crippen LogP contribution in [0, 0.1) is 0 Å². The Kier molecular flexibility index (Phi) is 3.08. The second-order valence-corrected chi connectivity index (χ2v) is 5.32. The lowest BCUT2D eigenvalue weighted by atomic mass is 10.3. The van der Waals surface area contributed by atoms with Crippen molar-refractivity contribution in [3.63, 3.8) is 0 Å². The van der Waals surface area contributed by atoms with Crippen LogP contribution < -0.4 is 5.73 Å². The second-order valence-electron chi connectivity index (χ2n) is 3.49. The largest absolute Gasteiger partial charge is 0.384 e. The summed E-state index contributed by atoms with van der Waals surface area (Å²) in [5.74, 6) is 0.290. The fourth-order valence-corrected chi connectivity index (χ4v) is 2.67. The summed E-state index contributed by atoms with van der Waals surface area (Å²) in [6.07, 6.45) is 2.93. The van der Waals surface area contributed by atoms with Gasteiger partial charge in [0.15, 0.2) is 0 Å². The SMILES string of the molecule is Nc1ccc(S(=O)(=O)N2CCCCO2)cn1. The molecule has 88 valence electrons. The van der Waals surface area contributed by atoms with E-state index >= 15 is 0 Å². The Balaban J connectivity index is 2.27. The molecule has 1 aliphatic heterocycles. The molecule has 0 radical (unpaired) electrons. The molecule has 2 N–H and O–H groups in total. The molecule has 0 atom stereocenters. The van der Waals surface area contributed by atoms with Gasteiger partial charge in [0.1, 0.15) is 10.7 Å². The van der Waals surface area contributed by atoms with E-state index in [1.807, 2.05) is 0 Å². The van der Waals surface area contributed by atoms with E-state index in [9.17, 15) is 8.42 Å². The van der Waals surface area contributed by atoms with Crippen LogP contribution in [0.1, 0.15) is 12.8 Å². The number of nitrogens with two attached hydrogens (primary N) is 1. The van der Waals surface area contributed by atoms with Crippen molar-refractivity contribution in [2.75, 3.05) is 18.9 Å². The third kappa shape index (κ3) is 2.16. The highest BCUT2D eigenvalue weighted by atomic mass is 32.2. The molecule has 0 spiro atoms. The van der Waals surface area contributed by atoms with E-state index in [4.69, 9.17) is 10.6 Å². The summed E-state index contributed by atoms with van der Waals surface area (Å²) < 4.78 is 25.1. The summed E-state index contributed by atoms with van der Waals surface area (Å²) in [7, 11) is -3.59. The Bertz CT molecular complexity index is 451. The van der Waals surface area contributed by atoms with Crippen molar-refractivity contribution < 1.29 is 13.3 Å². The van der Waals surface area contributed by atoms with Gasteiger partial charge in [-0.25, -0.2) is 13.4 Å². The maximum absolute atomic E-state index is 12.0. The number of rotatable bonds is 2. The molecular formula is C9H13N3O3S. The zero-order chi connectivity index (χ0) is 11.6. The van der Waals surface area contributed by atoms with Crippen LogP contribution in [0.3, 0.4) is 0 Å². The van der Waals surface area contributed by atoms with E-state index in [1.54, 1.807) is 0 Å². The predicted molar refractivity (Wildman–Crippen MR) is 57.7 cm³/mol. The predicted octanol–water partition coefficient (Wildman–Crippen LogP) is 0.380. The van der Waals surface area contributed by atoms with E-state index < -0.39 is 10.0 Å². The molecule has 6 nitrogen and oxygen atoms in total. The van der Waals surface area contributed by atoms with E-state index in [2.05, 4.69) is 4.98 Å². The summed E-state index contributed by atoms with van der Waals surface area (Å²) in [5, 5.41) is 0. The lowest BCUT2D eigenvalue weighted by Crippen LogP contribution is -2.35. The van der Waals surface area contributed by atoms with E-state index in [0.717, 1.165) is 17.3 Å². The highest BCUT2D eigenvalue weighted by Gasteiger charge is 2.27. The third-order valence-electron chi connectivity index (χ3n) is 2.30. The number of anilines is 1. The number of hydrogen-bond donors (Lipinski definition) is 1. The Morgan fingerprint density at radius 3 is 2.75 bits per heavy atom. The van der Waals surface area contributed by atoms with E-state index in [-0.39, 0.29) is 4.90 Å². The molecule has 1 fully saturated rings. The first kappa shape index (κ1) is 11.3. The summed E-state index contributed by atoms with van der Waals surface area (Å²) >= 11 is 0. The lowest BCUT2D eigenvalue weighted by molar-refractivity contribution is -0.108. The number of hydroxylamine groups is 1.